The van der Waals surface area contributed by atoms with Crippen LogP contribution in [0.5, 0.6) is 17.2 Å². The number of nitrogens with zero attached hydrogens (tertiary/aromatic N) is 1. The van der Waals surface area contributed by atoms with E-state index in [9.17, 15) is 9.90 Å². The highest BCUT2D eigenvalue weighted by Crippen LogP contribution is 2.26. The summed E-state index contributed by atoms with van der Waals surface area (Å²) in [6.45, 7) is 2.64. The number of aromatic hydroxyl groups is 1. The Bertz CT molecular complexity index is 1040. The van der Waals surface area contributed by atoms with Gasteiger partial charge < -0.3 is 14.6 Å². The number of rotatable bonds is 8. The van der Waals surface area contributed by atoms with E-state index in [1.807, 2.05) is 43.3 Å². The third kappa shape index (κ3) is 5.84. The second kappa shape index (κ2) is 10.5. The van der Waals surface area contributed by atoms with Crippen LogP contribution in [0.3, 0.4) is 0 Å². The minimum Gasteiger partial charge on any atom is -0.504 e. The van der Waals surface area contributed by atoms with Crippen LogP contribution in [0.15, 0.2) is 76.3 Å². The summed E-state index contributed by atoms with van der Waals surface area (Å²) in [7, 11) is 0. The molecule has 0 heterocycles. The molecule has 0 aliphatic carbocycles. The number of amides is 1. The van der Waals surface area contributed by atoms with Crippen molar-refractivity contribution in [3.05, 3.63) is 87.9 Å². The number of carbonyl (C=O) groups excluding carboxylic acids is 1. The summed E-state index contributed by atoms with van der Waals surface area (Å²) >= 11 is 3.38. The van der Waals surface area contributed by atoms with E-state index in [2.05, 4.69) is 26.5 Å². The largest absolute Gasteiger partial charge is 0.504 e. The van der Waals surface area contributed by atoms with Crippen molar-refractivity contribution < 1.29 is 19.4 Å². The standard InChI is InChI=1S/C23H21BrN2O4/c1-2-29-22-10-8-17(12-20(22)27)14-25-26-23(28)19-13-18(24)9-11-21(19)30-15-16-6-4-3-5-7-16/h3-14,27H,2,15H2,1H3,(H,26,28)/b25-14-. The molecule has 0 radical (unpaired) electrons. The molecule has 30 heavy (non-hydrogen) atoms. The summed E-state index contributed by atoms with van der Waals surface area (Å²) in [5, 5.41) is 13.9. The normalized spacial score (nSPS) is 10.7. The Labute approximate surface area is 183 Å². The molecule has 0 aliphatic heterocycles. The lowest BCUT2D eigenvalue weighted by atomic mass is 10.2. The van der Waals surface area contributed by atoms with Crippen LogP contribution in [0.25, 0.3) is 0 Å². The van der Waals surface area contributed by atoms with Crippen molar-refractivity contribution >= 4 is 28.1 Å². The third-order valence-electron chi connectivity index (χ3n) is 4.09. The number of nitrogens with one attached hydrogen (secondary N) is 1. The monoisotopic (exact) mass is 468 g/mol. The van der Waals surface area contributed by atoms with Crippen molar-refractivity contribution in [1.29, 1.82) is 0 Å². The lowest BCUT2D eigenvalue weighted by Gasteiger charge is -2.11. The number of hydrogen-bond acceptors (Lipinski definition) is 5. The van der Waals surface area contributed by atoms with Crippen molar-refractivity contribution in [3.63, 3.8) is 0 Å². The maximum Gasteiger partial charge on any atom is 0.275 e. The van der Waals surface area contributed by atoms with E-state index < -0.39 is 5.91 Å². The molecule has 6 nitrogen and oxygen atoms in total. The summed E-state index contributed by atoms with van der Waals surface area (Å²) in [6, 6.07) is 19.8. The Morgan fingerprint density at radius 1 is 1.07 bits per heavy atom. The molecule has 0 atom stereocenters. The van der Waals surface area contributed by atoms with Gasteiger partial charge in [0.1, 0.15) is 12.4 Å². The smallest absolute Gasteiger partial charge is 0.275 e. The van der Waals surface area contributed by atoms with Crippen molar-refractivity contribution in [3.8, 4) is 17.2 Å². The molecular formula is C23H21BrN2O4. The van der Waals surface area contributed by atoms with Gasteiger partial charge in [0.15, 0.2) is 11.5 Å². The van der Waals surface area contributed by atoms with Gasteiger partial charge in [-0.25, -0.2) is 5.43 Å². The van der Waals surface area contributed by atoms with E-state index in [1.54, 1.807) is 24.3 Å². The van der Waals surface area contributed by atoms with Crippen molar-refractivity contribution in [2.75, 3.05) is 6.61 Å². The van der Waals surface area contributed by atoms with Crippen LogP contribution in [0.4, 0.5) is 0 Å². The maximum atomic E-state index is 12.6. The highest BCUT2D eigenvalue weighted by molar-refractivity contribution is 9.10. The minimum absolute atomic E-state index is 0.00992. The van der Waals surface area contributed by atoms with E-state index in [4.69, 9.17) is 9.47 Å². The quantitative estimate of drug-likeness (QED) is 0.364. The number of phenols is 1. The van der Waals surface area contributed by atoms with Crippen LogP contribution >= 0.6 is 15.9 Å². The van der Waals surface area contributed by atoms with Gasteiger partial charge in [0.25, 0.3) is 5.91 Å². The van der Waals surface area contributed by atoms with Gasteiger partial charge in [-0.15, -0.1) is 0 Å². The molecule has 1 amide bonds. The Morgan fingerprint density at radius 2 is 1.83 bits per heavy atom. The van der Waals surface area contributed by atoms with Crippen molar-refractivity contribution in [2.45, 2.75) is 13.5 Å². The maximum absolute atomic E-state index is 12.6. The average molecular weight is 469 g/mol. The molecule has 0 saturated carbocycles. The molecule has 3 aromatic rings. The van der Waals surface area contributed by atoms with Crippen molar-refractivity contribution in [2.24, 2.45) is 5.10 Å². The molecule has 3 aromatic carbocycles. The van der Waals surface area contributed by atoms with Crippen LogP contribution in [0, 0.1) is 0 Å². The van der Waals surface area contributed by atoms with E-state index in [0.29, 0.717) is 35.8 Å². The molecule has 154 valence electrons. The number of hydrogen-bond donors (Lipinski definition) is 2. The van der Waals surface area contributed by atoms with Crippen LogP contribution < -0.4 is 14.9 Å². The molecule has 0 spiro atoms. The highest BCUT2D eigenvalue weighted by atomic mass is 79.9. The first-order chi connectivity index (χ1) is 14.6. The first-order valence-corrected chi connectivity index (χ1v) is 10.1. The highest BCUT2D eigenvalue weighted by Gasteiger charge is 2.13. The fourth-order valence-electron chi connectivity index (χ4n) is 2.66. The minimum atomic E-state index is -0.411. The van der Waals surface area contributed by atoms with E-state index >= 15 is 0 Å². The molecular weight excluding hydrogens is 448 g/mol. The number of halogens is 1. The molecule has 0 saturated heterocycles. The fraction of sp³-hybridized carbons (Fsp3) is 0.130. The Balaban J connectivity index is 1.68. The molecule has 0 bridgehead atoms. The van der Waals surface area contributed by atoms with Gasteiger partial charge in [-0.05, 0) is 54.4 Å². The first kappa shape index (κ1) is 21.4. The molecule has 0 unspecified atom stereocenters. The fourth-order valence-corrected chi connectivity index (χ4v) is 3.02. The number of benzene rings is 3. The third-order valence-corrected chi connectivity index (χ3v) is 4.58. The average Bonchev–Trinajstić information content (AvgIpc) is 2.75. The van der Waals surface area contributed by atoms with Gasteiger partial charge in [0.05, 0.1) is 18.4 Å². The van der Waals surface area contributed by atoms with E-state index in [1.165, 1.54) is 12.3 Å². The summed E-state index contributed by atoms with van der Waals surface area (Å²) in [6.07, 6.45) is 1.44. The van der Waals surface area contributed by atoms with Gasteiger partial charge in [0.2, 0.25) is 0 Å². The van der Waals surface area contributed by atoms with E-state index in [0.717, 1.165) is 10.0 Å². The molecule has 0 aliphatic rings. The SMILES string of the molecule is CCOc1ccc(/C=N\NC(=O)c2cc(Br)ccc2OCc2ccccc2)cc1O. The number of hydrazone groups is 1. The van der Waals surface area contributed by atoms with Gasteiger partial charge in [-0.1, -0.05) is 46.3 Å². The molecule has 3 rings (SSSR count). The molecule has 7 heteroatoms. The zero-order valence-electron chi connectivity index (χ0n) is 16.3. The lowest BCUT2D eigenvalue weighted by Crippen LogP contribution is -2.18. The predicted molar refractivity (Wildman–Crippen MR) is 119 cm³/mol. The predicted octanol–water partition coefficient (Wildman–Crippen LogP) is 4.90. The summed E-state index contributed by atoms with van der Waals surface area (Å²) < 4.78 is 11.9. The van der Waals surface area contributed by atoms with Crippen LogP contribution in [0.2, 0.25) is 0 Å². The zero-order valence-corrected chi connectivity index (χ0v) is 17.9. The number of carbonyl (C=O) groups is 1. The van der Waals surface area contributed by atoms with Crippen molar-refractivity contribution in [1.82, 2.24) is 5.43 Å². The van der Waals surface area contributed by atoms with Crippen LogP contribution in [-0.4, -0.2) is 23.8 Å². The Hall–Kier alpha value is -3.32. The first-order valence-electron chi connectivity index (χ1n) is 9.32. The van der Waals surface area contributed by atoms with Crippen LogP contribution in [0.1, 0.15) is 28.4 Å². The Morgan fingerprint density at radius 3 is 2.57 bits per heavy atom. The molecule has 0 aromatic heterocycles. The van der Waals surface area contributed by atoms with Gasteiger partial charge in [-0.3, -0.25) is 4.79 Å². The Kier molecular flexibility index (Phi) is 7.45. The number of phenolic OH excluding ortho intramolecular Hbond substituents is 1. The second-order valence-electron chi connectivity index (χ2n) is 6.27. The lowest BCUT2D eigenvalue weighted by molar-refractivity contribution is 0.0950. The summed E-state index contributed by atoms with van der Waals surface area (Å²) in [5.74, 6) is 0.447. The molecule has 2 N–H and O–H groups in total. The van der Waals surface area contributed by atoms with Gasteiger partial charge in [-0.2, -0.15) is 5.10 Å². The second-order valence-corrected chi connectivity index (χ2v) is 7.19. The van der Waals surface area contributed by atoms with Crippen LogP contribution in [-0.2, 0) is 6.61 Å². The van der Waals surface area contributed by atoms with Gasteiger partial charge >= 0.3 is 0 Å². The number of ether oxygens (including phenoxy) is 2. The van der Waals surface area contributed by atoms with Gasteiger partial charge in [0, 0.05) is 4.47 Å². The van der Waals surface area contributed by atoms with E-state index in [-0.39, 0.29) is 5.75 Å². The molecule has 0 fully saturated rings. The topological polar surface area (TPSA) is 80.2 Å². The summed E-state index contributed by atoms with van der Waals surface area (Å²) in [5.41, 5.74) is 4.46. The summed E-state index contributed by atoms with van der Waals surface area (Å²) in [4.78, 5) is 12.6. The zero-order chi connectivity index (χ0) is 21.3.